The first-order valence-electron chi connectivity index (χ1n) is 8.47. The zero-order valence-corrected chi connectivity index (χ0v) is 16.1. The van der Waals surface area contributed by atoms with E-state index in [1.807, 2.05) is 0 Å². The van der Waals surface area contributed by atoms with Gasteiger partial charge in [-0.2, -0.15) is 8.78 Å². The molecule has 29 heavy (non-hydrogen) atoms. The molecule has 0 unspecified atom stereocenters. The lowest BCUT2D eigenvalue weighted by atomic mass is 10.1. The fourth-order valence-electron chi connectivity index (χ4n) is 3.03. The Balaban J connectivity index is 1.58. The third-order valence-corrected chi connectivity index (χ3v) is 6.67. The second kappa shape index (κ2) is 6.96. The lowest BCUT2D eigenvalue weighted by molar-refractivity contribution is -0.0497. The molecule has 152 valence electrons. The van der Waals surface area contributed by atoms with Crippen LogP contribution in [0.2, 0.25) is 5.02 Å². The quantitative estimate of drug-likeness (QED) is 0.765. The van der Waals surface area contributed by atoms with E-state index in [-0.39, 0.29) is 38.5 Å². The first-order valence-corrected chi connectivity index (χ1v) is 10.3. The molecule has 1 aliphatic heterocycles. The summed E-state index contributed by atoms with van der Waals surface area (Å²) in [5, 5.41) is 2.36. The number of amides is 2. The minimum Gasteiger partial charge on any atom is -0.433 e. The number of carbonyl (C=O) groups excluding carboxylic acids is 2. The van der Waals surface area contributed by atoms with Crippen molar-refractivity contribution in [1.29, 1.82) is 0 Å². The molecule has 0 spiro atoms. The summed E-state index contributed by atoms with van der Waals surface area (Å²) in [6, 6.07) is 7.17. The SMILES string of the molecule is O=C(Nc1ccc(OC(F)F)c(Cl)c1)c1ccc2c(c1)S(=O)(=O)N(C1CC1)C2=O. The van der Waals surface area contributed by atoms with Crippen molar-refractivity contribution in [2.75, 3.05) is 5.32 Å². The van der Waals surface area contributed by atoms with Gasteiger partial charge in [-0.15, -0.1) is 0 Å². The predicted octanol–water partition coefficient (Wildman–Crippen LogP) is 3.50. The Morgan fingerprint density at radius 2 is 1.93 bits per heavy atom. The van der Waals surface area contributed by atoms with Crippen molar-refractivity contribution < 1.29 is 31.5 Å². The van der Waals surface area contributed by atoms with Crippen LogP contribution in [0.1, 0.15) is 33.6 Å². The summed E-state index contributed by atoms with van der Waals surface area (Å²) in [6.07, 6.45) is 1.25. The number of benzene rings is 2. The van der Waals surface area contributed by atoms with Crippen molar-refractivity contribution in [3.63, 3.8) is 0 Å². The van der Waals surface area contributed by atoms with Gasteiger partial charge < -0.3 is 10.1 Å². The minimum atomic E-state index is -3.99. The Morgan fingerprint density at radius 1 is 1.21 bits per heavy atom. The fourth-order valence-corrected chi connectivity index (χ4v) is 5.10. The summed E-state index contributed by atoms with van der Waals surface area (Å²) < 4.78 is 55.0. The number of ether oxygens (including phenoxy) is 1. The first kappa shape index (κ1) is 19.6. The molecular weight excluding hydrogens is 430 g/mol. The molecule has 1 N–H and O–H groups in total. The lowest BCUT2D eigenvalue weighted by Crippen LogP contribution is -2.31. The summed E-state index contributed by atoms with van der Waals surface area (Å²) in [4.78, 5) is 24.7. The van der Waals surface area contributed by atoms with Crippen LogP contribution < -0.4 is 10.1 Å². The molecule has 0 aromatic heterocycles. The molecule has 2 amide bonds. The van der Waals surface area contributed by atoms with Gasteiger partial charge in [0.2, 0.25) is 0 Å². The van der Waals surface area contributed by atoms with Crippen molar-refractivity contribution in [2.45, 2.75) is 30.4 Å². The second-order valence-electron chi connectivity index (χ2n) is 6.53. The number of hydrogen-bond acceptors (Lipinski definition) is 5. The van der Waals surface area contributed by atoms with E-state index in [0.717, 1.165) is 10.4 Å². The zero-order chi connectivity index (χ0) is 20.9. The molecule has 7 nitrogen and oxygen atoms in total. The number of rotatable bonds is 5. The van der Waals surface area contributed by atoms with Gasteiger partial charge in [0.15, 0.2) is 0 Å². The number of anilines is 1. The van der Waals surface area contributed by atoms with Crippen molar-refractivity contribution in [3.05, 3.63) is 52.5 Å². The second-order valence-corrected chi connectivity index (χ2v) is 8.72. The highest BCUT2D eigenvalue weighted by molar-refractivity contribution is 7.90. The number of alkyl halides is 2. The Labute approximate surface area is 169 Å². The van der Waals surface area contributed by atoms with E-state index in [1.54, 1.807) is 0 Å². The monoisotopic (exact) mass is 442 g/mol. The van der Waals surface area contributed by atoms with E-state index in [9.17, 15) is 26.8 Å². The van der Waals surface area contributed by atoms with Crippen LogP contribution >= 0.6 is 11.6 Å². The maximum Gasteiger partial charge on any atom is 0.387 e. The molecule has 1 aliphatic carbocycles. The van der Waals surface area contributed by atoms with Gasteiger partial charge in [-0.3, -0.25) is 9.59 Å². The van der Waals surface area contributed by atoms with E-state index in [4.69, 9.17) is 11.6 Å². The van der Waals surface area contributed by atoms with Gasteiger partial charge in [-0.05, 0) is 49.2 Å². The molecule has 2 aromatic carbocycles. The predicted molar refractivity (Wildman–Crippen MR) is 98.9 cm³/mol. The van der Waals surface area contributed by atoms with Crippen molar-refractivity contribution >= 4 is 39.1 Å². The average molecular weight is 443 g/mol. The topological polar surface area (TPSA) is 92.8 Å². The summed E-state index contributed by atoms with van der Waals surface area (Å²) in [5.74, 6) is -1.49. The van der Waals surface area contributed by atoms with Gasteiger partial charge in [0.1, 0.15) is 10.6 Å². The smallest absolute Gasteiger partial charge is 0.387 e. The fraction of sp³-hybridized carbons (Fsp3) is 0.222. The largest absolute Gasteiger partial charge is 0.433 e. The highest BCUT2D eigenvalue weighted by Crippen LogP contribution is 2.39. The molecule has 0 radical (unpaired) electrons. The first-order chi connectivity index (χ1) is 13.7. The zero-order valence-electron chi connectivity index (χ0n) is 14.6. The molecule has 11 heteroatoms. The van der Waals surface area contributed by atoms with E-state index < -0.39 is 28.4 Å². The molecule has 1 fully saturated rings. The average Bonchev–Trinajstić information content (AvgIpc) is 3.44. The number of nitrogens with one attached hydrogen (secondary N) is 1. The normalized spacial score (nSPS) is 17.4. The minimum absolute atomic E-state index is 0.0156. The third kappa shape index (κ3) is 3.53. The van der Waals surface area contributed by atoms with Gasteiger partial charge in [0.05, 0.1) is 10.6 Å². The van der Waals surface area contributed by atoms with Crippen LogP contribution in [-0.2, 0) is 10.0 Å². The van der Waals surface area contributed by atoms with Crippen LogP contribution in [0.3, 0.4) is 0 Å². The number of fused-ring (bicyclic) bond motifs is 1. The molecular formula is C18H13ClF2N2O5S. The van der Waals surface area contributed by atoms with E-state index in [1.165, 1.54) is 30.3 Å². The maximum atomic E-state index is 12.7. The summed E-state index contributed by atoms with van der Waals surface area (Å²) in [6.45, 7) is -3.04. The van der Waals surface area contributed by atoms with Crippen LogP contribution in [0, 0.1) is 0 Å². The van der Waals surface area contributed by atoms with E-state index in [0.29, 0.717) is 12.8 Å². The molecule has 1 heterocycles. The Bertz CT molecular complexity index is 1140. The molecule has 0 saturated heterocycles. The lowest BCUT2D eigenvalue weighted by Gasteiger charge is -2.13. The highest BCUT2D eigenvalue weighted by atomic mass is 35.5. The van der Waals surface area contributed by atoms with E-state index in [2.05, 4.69) is 10.1 Å². The summed E-state index contributed by atoms with van der Waals surface area (Å²) >= 11 is 5.85. The molecule has 1 saturated carbocycles. The van der Waals surface area contributed by atoms with Crippen LogP contribution in [0.25, 0.3) is 0 Å². The van der Waals surface area contributed by atoms with Crippen LogP contribution in [0.4, 0.5) is 14.5 Å². The number of carbonyl (C=O) groups is 2. The molecule has 2 aromatic rings. The Morgan fingerprint density at radius 3 is 2.55 bits per heavy atom. The van der Waals surface area contributed by atoms with Crippen molar-refractivity contribution in [1.82, 2.24) is 4.31 Å². The third-order valence-electron chi connectivity index (χ3n) is 4.50. The molecule has 0 bridgehead atoms. The van der Waals surface area contributed by atoms with Gasteiger partial charge in [0.25, 0.3) is 21.8 Å². The Hall–Kier alpha value is -2.72. The number of hydrogen-bond donors (Lipinski definition) is 1. The molecule has 4 rings (SSSR count). The number of halogens is 3. The summed E-state index contributed by atoms with van der Waals surface area (Å²) in [5.41, 5.74) is 0.243. The van der Waals surface area contributed by atoms with Crippen LogP contribution in [-0.4, -0.2) is 37.2 Å². The van der Waals surface area contributed by atoms with Gasteiger partial charge in [0, 0.05) is 17.3 Å². The van der Waals surface area contributed by atoms with Gasteiger partial charge >= 0.3 is 6.61 Å². The van der Waals surface area contributed by atoms with E-state index >= 15 is 0 Å². The van der Waals surface area contributed by atoms with Crippen molar-refractivity contribution in [3.8, 4) is 5.75 Å². The number of sulfonamides is 1. The van der Waals surface area contributed by atoms with Crippen LogP contribution in [0.5, 0.6) is 5.75 Å². The number of nitrogens with zero attached hydrogens (tertiary/aromatic N) is 1. The van der Waals surface area contributed by atoms with Crippen molar-refractivity contribution in [2.24, 2.45) is 0 Å². The maximum absolute atomic E-state index is 12.7. The summed E-state index contributed by atoms with van der Waals surface area (Å²) in [7, 11) is -3.99. The molecule has 0 atom stereocenters. The molecule has 2 aliphatic rings. The van der Waals surface area contributed by atoms with Gasteiger partial charge in [-0.1, -0.05) is 11.6 Å². The highest BCUT2D eigenvalue weighted by Gasteiger charge is 2.48. The standard InChI is InChI=1S/C18H13ClF2N2O5S/c19-13-8-10(2-6-14(13)28-18(20)21)22-16(24)9-1-5-12-15(7-9)29(26,27)23(17(12)25)11-3-4-11/h1-2,5-8,11,18H,3-4H2,(H,22,24). The van der Waals surface area contributed by atoms with Gasteiger partial charge in [-0.25, -0.2) is 12.7 Å². The Kier molecular flexibility index (Phi) is 4.70. The van der Waals surface area contributed by atoms with Crippen LogP contribution in [0.15, 0.2) is 41.3 Å².